The van der Waals surface area contributed by atoms with Crippen LogP contribution in [0.15, 0.2) is 0 Å². The van der Waals surface area contributed by atoms with Crippen LogP contribution in [0, 0.1) is 0 Å². The van der Waals surface area contributed by atoms with Gasteiger partial charge in [0.1, 0.15) is 0 Å². The third-order valence-corrected chi connectivity index (χ3v) is 4.20. The van der Waals surface area contributed by atoms with Crippen molar-refractivity contribution in [3.8, 4) is 0 Å². The van der Waals surface area contributed by atoms with Gasteiger partial charge in [0.15, 0.2) is 0 Å². The Labute approximate surface area is 93.2 Å². The van der Waals surface area contributed by atoms with E-state index in [0.29, 0.717) is 5.92 Å². The lowest BCUT2D eigenvalue weighted by Crippen LogP contribution is -2.04. The molecule has 1 aliphatic carbocycles. The number of aromatic nitrogens is 1. The van der Waals surface area contributed by atoms with Gasteiger partial charge in [-0.25, -0.2) is 4.98 Å². The molecular formula is C11H15NO2S. The largest absolute Gasteiger partial charge is 0.481 e. The summed E-state index contributed by atoms with van der Waals surface area (Å²) in [4.78, 5) is 16.6. The molecule has 0 amide bonds. The Morgan fingerprint density at radius 3 is 3.00 bits per heavy atom. The van der Waals surface area contributed by atoms with Crippen LogP contribution >= 0.6 is 11.3 Å². The van der Waals surface area contributed by atoms with Gasteiger partial charge in [-0.1, -0.05) is 13.8 Å². The lowest BCUT2D eigenvalue weighted by molar-refractivity contribution is -0.137. The fourth-order valence-corrected chi connectivity index (χ4v) is 3.15. The Bertz CT molecular complexity index is 384. The number of hydrogen-bond acceptors (Lipinski definition) is 3. The predicted molar refractivity (Wildman–Crippen MR) is 59.5 cm³/mol. The molecule has 4 heteroatoms. The van der Waals surface area contributed by atoms with E-state index in [1.165, 1.54) is 4.88 Å². The first-order valence-corrected chi connectivity index (χ1v) is 6.11. The monoisotopic (exact) mass is 225 g/mol. The second kappa shape index (κ2) is 3.93. The Morgan fingerprint density at radius 1 is 1.67 bits per heavy atom. The summed E-state index contributed by atoms with van der Waals surface area (Å²) in [6.45, 7) is 4.25. The van der Waals surface area contributed by atoms with E-state index in [2.05, 4.69) is 18.8 Å². The fraction of sp³-hybridized carbons (Fsp3) is 0.636. The number of aliphatic carboxylic acids is 1. The smallest absolute Gasteiger partial charge is 0.304 e. The van der Waals surface area contributed by atoms with E-state index in [-0.39, 0.29) is 12.3 Å². The summed E-state index contributed by atoms with van der Waals surface area (Å²) in [5.74, 6) is -0.112. The van der Waals surface area contributed by atoms with Crippen molar-refractivity contribution in [3.63, 3.8) is 0 Å². The van der Waals surface area contributed by atoms with E-state index >= 15 is 0 Å². The summed E-state index contributed by atoms with van der Waals surface area (Å²) in [5, 5.41) is 9.94. The third kappa shape index (κ3) is 2.04. The van der Waals surface area contributed by atoms with Crippen molar-refractivity contribution in [3.05, 3.63) is 15.6 Å². The average Bonchev–Trinajstić information content (AvgIpc) is 2.66. The fourth-order valence-electron chi connectivity index (χ4n) is 1.98. The number of carbonyl (C=O) groups is 1. The van der Waals surface area contributed by atoms with E-state index in [9.17, 15) is 4.79 Å². The number of carboxylic acid groups (broad SMARTS) is 1. The van der Waals surface area contributed by atoms with E-state index < -0.39 is 5.97 Å². The highest BCUT2D eigenvalue weighted by Gasteiger charge is 2.29. The second-order valence-electron chi connectivity index (χ2n) is 4.35. The van der Waals surface area contributed by atoms with Gasteiger partial charge < -0.3 is 5.11 Å². The summed E-state index contributed by atoms with van der Waals surface area (Å²) >= 11 is 1.76. The van der Waals surface area contributed by atoms with Crippen LogP contribution in [-0.4, -0.2) is 16.1 Å². The maximum atomic E-state index is 10.7. The lowest BCUT2D eigenvalue weighted by atomic mass is 10.0. The SMILES string of the molecule is CC(C)c1nc2c(s1)CCC2CC(=O)O. The highest BCUT2D eigenvalue weighted by atomic mass is 32.1. The van der Waals surface area contributed by atoms with Gasteiger partial charge in [0.25, 0.3) is 0 Å². The molecule has 1 N–H and O–H groups in total. The molecule has 3 nitrogen and oxygen atoms in total. The van der Waals surface area contributed by atoms with Gasteiger partial charge in [-0.3, -0.25) is 4.79 Å². The van der Waals surface area contributed by atoms with Gasteiger partial charge in [0.05, 0.1) is 17.1 Å². The Balaban J connectivity index is 2.22. The van der Waals surface area contributed by atoms with Crippen LogP contribution in [0.2, 0.25) is 0 Å². The lowest BCUT2D eigenvalue weighted by Gasteiger charge is -2.05. The molecule has 1 unspecified atom stereocenters. The summed E-state index contributed by atoms with van der Waals surface area (Å²) < 4.78 is 0. The van der Waals surface area contributed by atoms with Gasteiger partial charge in [-0.15, -0.1) is 11.3 Å². The molecule has 1 heterocycles. The molecular weight excluding hydrogens is 210 g/mol. The molecule has 0 fully saturated rings. The molecule has 0 saturated heterocycles. The number of aryl methyl sites for hydroxylation is 1. The minimum absolute atomic E-state index is 0.154. The molecule has 0 aliphatic heterocycles. The van der Waals surface area contributed by atoms with Gasteiger partial charge in [0.2, 0.25) is 0 Å². The van der Waals surface area contributed by atoms with Crippen LogP contribution in [0.25, 0.3) is 0 Å². The summed E-state index contributed by atoms with van der Waals surface area (Å²) in [6.07, 6.45) is 2.20. The minimum atomic E-state index is -0.716. The first-order valence-electron chi connectivity index (χ1n) is 5.29. The zero-order valence-electron chi connectivity index (χ0n) is 8.99. The van der Waals surface area contributed by atoms with Crippen LogP contribution in [0.5, 0.6) is 0 Å². The van der Waals surface area contributed by atoms with Crippen LogP contribution in [-0.2, 0) is 11.2 Å². The molecule has 1 aromatic heterocycles. The highest BCUT2D eigenvalue weighted by molar-refractivity contribution is 7.11. The van der Waals surface area contributed by atoms with Gasteiger partial charge in [-0.05, 0) is 12.8 Å². The first kappa shape index (κ1) is 10.6. The van der Waals surface area contributed by atoms with E-state index in [0.717, 1.165) is 23.5 Å². The number of nitrogens with zero attached hydrogens (tertiary/aromatic N) is 1. The standard InChI is InChI=1S/C11H15NO2S/c1-6(2)11-12-10-7(5-9(13)14)3-4-8(10)15-11/h6-7H,3-5H2,1-2H3,(H,13,14). The molecule has 0 radical (unpaired) electrons. The molecule has 0 spiro atoms. The molecule has 82 valence electrons. The Hall–Kier alpha value is -0.900. The van der Waals surface area contributed by atoms with Crippen molar-refractivity contribution in [2.45, 2.75) is 44.9 Å². The van der Waals surface area contributed by atoms with E-state index in [1.54, 1.807) is 11.3 Å². The third-order valence-electron chi connectivity index (χ3n) is 2.77. The van der Waals surface area contributed by atoms with Crippen LogP contribution in [0.4, 0.5) is 0 Å². The van der Waals surface area contributed by atoms with Gasteiger partial charge in [-0.2, -0.15) is 0 Å². The number of fused-ring (bicyclic) bond motifs is 1. The maximum Gasteiger partial charge on any atom is 0.304 e. The summed E-state index contributed by atoms with van der Waals surface area (Å²) in [7, 11) is 0. The quantitative estimate of drug-likeness (QED) is 0.860. The molecule has 2 rings (SSSR count). The van der Waals surface area contributed by atoms with E-state index in [4.69, 9.17) is 5.11 Å². The zero-order chi connectivity index (χ0) is 11.0. The van der Waals surface area contributed by atoms with Crippen molar-refractivity contribution in [2.75, 3.05) is 0 Å². The average molecular weight is 225 g/mol. The van der Waals surface area contributed by atoms with Crippen LogP contribution < -0.4 is 0 Å². The minimum Gasteiger partial charge on any atom is -0.481 e. The predicted octanol–water partition coefficient (Wildman–Crippen LogP) is 2.77. The topological polar surface area (TPSA) is 50.2 Å². The van der Waals surface area contributed by atoms with Crippen molar-refractivity contribution in [1.82, 2.24) is 4.98 Å². The molecule has 1 aromatic rings. The van der Waals surface area contributed by atoms with Crippen LogP contribution in [0.1, 0.15) is 54.1 Å². The highest BCUT2D eigenvalue weighted by Crippen LogP contribution is 2.39. The molecule has 0 bridgehead atoms. The van der Waals surface area contributed by atoms with Crippen molar-refractivity contribution in [1.29, 1.82) is 0 Å². The number of carboxylic acids is 1. The molecule has 1 atom stereocenters. The van der Waals surface area contributed by atoms with E-state index in [1.807, 2.05) is 0 Å². The molecule has 0 aromatic carbocycles. The normalized spacial score (nSPS) is 19.5. The Morgan fingerprint density at radius 2 is 2.40 bits per heavy atom. The second-order valence-corrected chi connectivity index (χ2v) is 5.46. The molecule has 15 heavy (non-hydrogen) atoms. The summed E-state index contributed by atoms with van der Waals surface area (Å²) in [6, 6.07) is 0. The Kier molecular flexibility index (Phi) is 2.78. The molecule has 1 aliphatic rings. The zero-order valence-corrected chi connectivity index (χ0v) is 9.80. The van der Waals surface area contributed by atoms with Crippen molar-refractivity contribution < 1.29 is 9.90 Å². The van der Waals surface area contributed by atoms with Crippen LogP contribution in [0.3, 0.4) is 0 Å². The van der Waals surface area contributed by atoms with Crippen molar-refractivity contribution in [2.24, 2.45) is 0 Å². The summed E-state index contributed by atoms with van der Waals surface area (Å²) in [5.41, 5.74) is 1.06. The first-order chi connectivity index (χ1) is 7.08. The van der Waals surface area contributed by atoms with Gasteiger partial charge in [0, 0.05) is 16.7 Å². The maximum absolute atomic E-state index is 10.7. The number of thiazole rings is 1. The van der Waals surface area contributed by atoms with Gasteiger partial charge >= 0.3 is 5.97 Å². The molecule has 0 saturated carbocycles. The number of rotatable bonds is 3. The van der Waals surface area contributed by atoms with Crippen molar-refractivity contribution >= 4 is 17.3 Å². The number of hydrogen-bond donors (Lipinski definition) is 1.